The first-order valence-corrected chi connectivity index (χ1v) is 8.43. The van der Waals surface area contributed by atoms with Crippen LogP contribution in [0.15, 0.2) is 40.0 Å². The zero-order valence-corrected chi connectivity index (χ0v) is 14.6. The van der Waals surface area contributed by atoms with E-state index < -0.39 is 4.92 Å². The van der Waals surface area contributed by atoms with Crippen LogP contribution in [0.1, 0.15) is 23.8 Å². The van der Waals surface area contributed by atoms with Crippen molar-refractivity contribution in [3.8, 4) is 0 Å². The van der Waals surface area contributed by atoms with Gasteiger partial charge in [-0.1, -0.05) is 5.16 Å². The first-order chi connectivity index (χ1) is 13.0. The van der Waals surface area contributed by atoms with Gasteiger partial charge in [-0.25, -0.2) is 4.98 Å². The Morgan fingerprint density at radius 1 is 1.26 bits per heavy atom. The maximum absolute atomic E-state index is 12.1. The van der Waals surface area contributed by atoms with Crippen LogP contribution in [-0.4, -0.2) is 53.1 Å². The van der Waals surface area contributed by atoms with E-state index in [0.717, 1.165) is 12.1 Å². The first-order valence-electron chi connectivity index (χ1n) is 8.43. The Hall–Kier alpha value is -3.27. The summed E-state index contributed by atoms with van der Waals surface area (Å²) in [5, 5.41) is 14.7. The van der Waals surface area contributed by atoms with Gasteiger partial charge in [-0.15, -0.1) is 0 Å². The third kappa shape index (κ3) is 3.38. The van der Waals surface area contributed by atoms with Gasteiger partial charge in [0.2, 0.25) is 5.91 Å². The molecule has 2 aromatic rings. The highest BCUT2D eigenvalue weighted by Crippen LogP contribution is 2.31. The molecule has 0 bridgehead atoms. The second kappa shape index (κ2) is 6.80. The number of hydrogen-bond acceptors (Lipinski definition) is 8. The van der Waals surface area contributed by atoms with Crippen molar-refractivity contribution in [2.45, 2.75) is 12.5 Å². The molecule has 10 heteroatoms. The molecule has 2 aliphatic heterocycles. The van der Waals surface area contributed by atoms with E-state index in [1.807, 2.05) is 18.0 Å². The highest BCUT2D eigenvalue weighted by atomic mass is 16.7. The number of nitro groups is 1. The molecule has 0 aliphatic carbocycles. The first kappa shape index (κ1) is 17.2. The molecule has 2 aliphatic rings. The second-order valence-electron chi connectivity index (χ2n) is 6.46. The van der Waals surface area contributed by atoms with Crippen LogP contribution < -0.4 is 4.90 Å². The van der Waals surface area contributed by atoms with E-state index in [-0.39, 0.29) is 17.9 Å². The van der Waals surface area contributed by atoms with Gasteiger partial charge in [0.15, 0.2) is 11.9 Å². The average molecular weight is 371 g/mol. The maximum atomic E-state index is 12.1. The molecule has 2 aromatic heterocycles. The predicted octanol–water partition coefficient (Wildman–Crippen LogP) is 1.73. The summed E-state index contributed by atoms with van der Waals surface area (Å²) in [6.07, 6.45) is 1.72. The van der Waals surface area contributed by atoms with Crippen LogP contribution >= 0.6 is 0 Å². The summed E-state index contributed by atoms with van der Waals surface area (Å²) in [6, 6.07) is 6.43. The SMILES string of the molecule is CN1CCN(c2ccc(C3CC(c4ccc([N+](=O)[O-])o4)=NO3)cn2)C(=O)C1. The molecule has 0 aromatic carbocycles. The summed E-state index contributed by atoms with van der Waals surface area (Å²) in [5.74, 6) is 0.611. The molecule has 1 saturated heterocycles. The van der Waals surface area contributed by atoms with E-state index in [1.165, 1.54) is 12.1 Å². The molecule has 1 fully saturated rings. The smallest absolute Gasteiger partial charge is 0.399 e. The van der Waals surface area contributed by atoms with Crippen molar-refractivity contribution >= 4 is 23.3 Å². The molecule has 1 unspecified atom stereocenters. The molecule has 1 atom stereocenters. The Morgan fingerprint density at radius 2 is 2.11 bits per heavy atom. The van der Waals surface area contributed by atoms with Crippen molar-refractivity contribution in [3.63, 3.8) is 0 Å². The summed E-state index contributed by atoms with van der Waals surface area (Å²) in [5.41, 5.74) is 1.31. The third-order valence-electron chi connectivity index (χ3n) is 4.56. The molecular weight excluding hydrogens is 354 g/mol. The van der Waals surface area contributed by atoms with E-state index in [9.17, 15) is 14.9 Å². The van der Waals surface area contributed by atoms with Crippen LogP contribution in [0.4, 0.5) is 11.7 Å². The van der Waals surface area contributed by atoms with Crippen molar-refractivity contribution in [1.29, 1.82) is 0 Å². The van der Waals surface area contributed by atoms with Gasteiger partial charge in [-0.3, -0.25) is 24.7 Å². The number of amides is 1. The lowest BCUT2D eigenvalue weighted by Gasteiger charge is -2.31. The van der Waals surface area contributed by atoms with Gasteiger partial charge < -0.3 is 9.25 Å². The summed E-state index contributed by atoms with van der Waals surface area (Å²) in [6.45, 7) is 1.78. The highest BCUT2D eigenvalue weighted by Gasteiger charge is 2.28. The van der Waals surface area contributed by atoms with Crippen molar-refractivity contribution in [2.75, 3.05) is 31.6 Å². The lowest BCUT2D eigenvalue weighted by Crippen LogP contribution is -2.49. The molecule has 140 valence electrons. The zero-order valence-electron chi connectivity index (χ0n) is 14.6. The molecular formula is C17H17N5O5. The summed E-state index contributed by atoms with van der Waals surface area (Å²) >= 11 is 0. The van der Waals surface area contributed by atoms with Crippen LogP contribution in [0, 0.1) is 10.1 Å². The maximum Gasteiger partial charge on any atom is 0.433 e. The number of piperazine rings is 1. The number of rotatable bonds is 4. The minimum absolute atomic E-state index is 0.0196. The molecule has 0 saturated carbocycles. The van der Waals surface area contributed by atoms with Gasteiger partial charge in [0, 0.05) is 31.3 Å². The van der Waals surface area contributed by atoms with Crippen LogP contribution in [0.5, 0.6) is 0 Å². The van der Waals surface area contributed by atoms with Crippen molar-refractivity contribution < 1.29 is 19.0 Å². The number of furan rings is 1. The Morgan fingerprint density at radius 3 is 2.78 bits per heavy atom. The number of pyridine rings is 1. The van der Waals surface area contributed by atoms with Gasteiger partial charge in [-0.2, -0.15) is 0 Å². The number of oxime groups is 1. The van der Waals surface area contributed by atoms with E-state index in [1.54, 1.807) is 17.2 Å². The number of carbonyl (C=O) groups is 1. The minimum Gasteiger partial charge on any atom is -0.399 e. The van der Waals surface area contributed by atoms with Crippen molar-refractivity contribution in [2.24, 2.45) is 5.16 Å². The fourth-order valence-corrected chi connectivity index (χ4v) is 3.06. The van der Waals surface area contributed by atoms with Gasteiger partial charge in [0.1, 0.15) is 16.5 Å². The molecule has 0 radical (unpaired) electrons. The Bertz CT molecular complexity index is 907. The number of anilines is 1. The fraction of sp³-hybridized carbons (Fsp3) is 0.353. The fourth-order valence-electron chi connectivity index (χ4n) is 3.06. The molecule has 0 N–H and O–H groups in total. The second-order valence-corrected chi connectivity index (χ2v) is 6.46. The quantitative estimate of drug-likeness (QED) is 0.594. The van der Waals surface area contributed by atoms with E-state index in [2.05, 4.69) is 10.1 Å². The standard InChI is InChI=1S/C17H17N5O5/c1-20-6-7-21(16(23)10-20)15-4-2-11(9-18-15)14-8-12(19-27-14)13-3-5-17(26-13)22(24)25/h2-5,9,14H,6-8,10H2,1H3. The van der Waals surface area contributed by atoms with Gasteiger partial charge in [0.05, 0.1) is 12.6 Å². The van der Waals surface area contributed by atoms with E-state index in [4.69, 9.17) is 9.25 Å². The van der Waals surface area contributed by atoms with E-state index >= 15 is 0 Å². The largest absolute Gasteiger partial charge is 0.433 e. The van der Waals surface area contributed by atoms with Crippen LogP contribution in [-0.2, 0) is 9.63 Å². The number of carbonyl (C=O) groups excluding carboxylic acids is 1. The molecule has 27 heavy (non-hydrogen) atoms. The van der Waals surface area contributed by atoms with Gasteiger partial charge in [0.25, 0.3) is 0 Å². The van der Waals surface area contributed by atoms with Crippen LogP contribution in [0.25, 0.3) is 0 Å². The number of nitrogens with zero attached hydrogens (tertiary/aromatic N) is 5. The van der Waals surface area contributed by atoms with Gasteiger partial charge >= 0.3 is 5.88 Å². The Labute approximate surface area is 154 Å². The van der Waals surface area contributed by atoms with Crippen molar-refractivity contribution in [1.82, 2.24) is 9.88 Å². The Balaban J connectivity index is 1.43. The lowest BCUT2D eigenvalue weighted by atomic mass is 10.1. The summed E-state index contributed by atoms with van der Waals surface area (Å²) < 4.78 is 5.16. The minimum atomic E-state index is -0.598. The van der Waals surface area contributed by atoms with E-state index in [0.29, 0.717) is 36.8 Å². The molecule has 1 amide bonds. The highest BCUT2D eigenvalue weighted by molar-refractivity contribution is 5.99. The number of aromatic nitrogens is 1. The van der Waals surface area contributed by atoms with Gasteiger partial charge in [-0.05, 0) is 25.2 Å². The molecule has 4 rings (SSSR count). The zero-order chi connectivity index (χ0) is 19.0. The normalized spacial score (nSPS) is 20.5. The summed E-state index contributed by atoms with van der Waals surface area (Å²) in [7, 11) is 1.91. The molecule has 0 spiro atoms. The van der Waals surface area contributed by atoms with Crippen LogP contribution in [0.3, 0.4) is 0 Å². The van der Waals surface area contributed by atoms with Crippen LogP contribution in [0.2, 0.25) is 0 Å². The summed E-state index contributed by atoms with van der Waals surface area (Å²) in [4.78, 5) is 35.7. The number of hydrogen-bond donors (Lipinski definition) is 0. The lowest BCUT2D eigenvalue weighted by molar-refractivity contribution is -0.402. The average Bonchev–Trinajstić information content (AvgIpc) is 3.31. The third-order valence-corrected chi connectivity index (χ3v) is 4.56. The van der Waals surface area contributed by atoms with Crippen molar-refractivity contribution in [3.05, 3.63) is 51.9 Å². The monoisotopic (exact) mass is 371 g/mol. The molecule has 10 nitrogen and oxygen atoms in total. The topological polar surface area (TPSA) is 114 Å². The predicted molar refractivity (Wildman–Crippen MR) is 94.4 cm³/mol. The molecule has 4 heterocycles. The number of likely N-dealkylation sites (N-methyl/N-ethyl adjacent to an activating group) is 1. The Kier molecular flexibility index (Phi) is 4.32.